The van der Waals surface area contributed by atoms with Crippen LogP contribution in [0.4, 0.5) is 5.82 Å². The second kappa shape index (κ2) is 5.27. The highest BCUT2D eigenvalue weighted by molar-refractivity contribution is 9.11. The number of anilines is 1. The van der Waals surface area contributed by atoms with Crippen molar-refractivity contribution in [3.05, 3.63) is 48.8 Å². The van der Waals surface area contributed by atoms with Crippen molar-refractivity contribution in [2.24, 2.45) is 0 Å². The predicted octanol–water partition coefficient (Wildman–Crippen LogP) is 3.01. The highest BCUT2D eigenvalue weighted by Gasteiger charge is 2.09. The molecule has 0 fully saturated rings. The minimum atomic E-state index is -0.137. The molecule has 0 aromatic carbocycles. The molecule has 102 valence electrons. The maximum absolute atomic E-state index is 12.0. The fourth-order valence-corrected chi connectivity index (χ4v) is 3.88. The first-order valence-corrected chi connectivity index (χ1v) is 8.06. The van der Waals surface area contributed by atoms with Gasteiger partial charge in [-0.2, -0.15) is 0 Å². The van der Waals surface area contributed by atoms with Gasteiger partial charge < -0.3 is 10.3 Å². The van der Waals surface area contributed by atoms with Gasteiger partial charge in [0.2, 0.25) is 0 Å². The predicted molar refractivity (Wildman–Crippen MR) is 87.0 cm³/mol. The van der Waals surface area contributed by atoms with Crippen molar-refractivity contribution >= 4 is 59.2 Å². The Labute approximate surface area is 134 Å². The Hall–Kier alpha value is -1.25. The van der Waals surface area contributed by atoms with E-state index in [2.05, 4.69) is 41.8 Å². The Kier molecular flexibility index (Phi) is 3.61. The number of nitrogens with two attached hydrogens (primary N) is 1. The van der Waals surface area contributed by atoms with Crippen LogP contribution in [0.25, 0.3) is 10.2 Å². The van der Waals surface area contributed by atoms with E-state index in [-0.39, 0.29) is 12.1 Å². The van der Waals surface area contributed by atoms with E-state index < -0.39 is 0 Å². The quantitative estimate of drug-likeness (QED) is 0.698. The summed E-state index contributed by atoms with van der Waals surface area (Å²) in [5.74, 6) is 0.956. The fourth-order valence-electron chi connectivity index (χ4n) is 1.83. The lowest BCUT2D eigenvalue weighted by Crippen LogP contribution is -2.21. The Morgan fingerprint density at radius 2 is 2.15 bits per heavy atom. The van der Waals surface area contributed by atoms with Gasteiger partial charge in [0.05, 0.1) is 16.4 Å². The number of rotatable bonds is 2. The molecule has 3 heterocycles. The summed E-state index contributed by atoms with van der Waals surface area (Å²) in [7, 11) is 0. The van der Waals surface area contributed by atoms with E-state index >= 15 is 0 Å². The second-order valence-corrected chi connectivity index (χ2v) is 6.77. The van der Waals surface area contributed by atoms with Crippen LogP contribution in [0.3, 0.4) is 0 Å². The van der Waals surface area contributed by atoms with Crippen molar-refractivity contribution in [2.75, 3.05) is 5.73 Å². The summed E-state index contributed by atoms with van der Waals surface area (Å²) in [4.78, 5) is 21.5. The molecule has 2 N–H and O–H groups in total. The molecule has 20 heavy (non-hydrogen) atoms. The van der Waals surface area contributed by atoms with Gasteiger partial charge in [0, 0.05) is 10.7 Å². The number of nitrogens with zero attached hydrogens (tertiary/aromatic N) is 3. The number of nitrogen functional groups attached to an aromatic ring is 1. The third-order valence-electron chi connectivity index (χ3n) is 2.72. The topological polar surface area (TPSA) is 73.8 Å². The summed E-state index contributed by atoms with van der Waals surface area (Å²) < 4.78 is 2.81. The molecule has 0 aliphatic carbocycles. The SMILES string of the molecule is Nc1nc(Cn2cc(Br)cc(Br)c2=O)nc2sccc12. The Balaban J connectivity index is 2.07. The zero-order valence-corrected chi connectivity index (χ0v) is 14.0. The summed E-state index contributed by atoms with van der Waals surface area (Å²) in [6, 6.07) is 3.59. The summed E-state index contributed by atoms with van der Waals surface area (Å²) >= 11 is 8.09. The van der Waals surface area contributed by atoms with Crippen LogP contribution in [0.15, 0.2) is 37.4 Å². The van der Waals surface area contributed by atoms with Crippen molar-refractivity contribution in [3.8, 4) is 0 Å². The first kappa shape index (κ1) is 13.7. The summed E-state index contributed by atoms with van der Waals surface area (Å²) in [5, 5.41) is 2.77. The normalized spacial score (nSPS) is 11.1. The maximum atomic E-state index is 12.0. The van der Waals surface area contributed by atoms with Gasteiger partial charge in [-0.05, 0) is 49.4 Å². The molecule has 0 amide bonds. The van der Waals surface area contributed by atoms with Crippen LogP contribution >= 0.6 is 43.2 Å². The van der Waals surface area contributed by atoms with E-state index in [1.54, 1.807) is 12.3 Å². The van der Waals surface area contributed by atoms with Gasteiger partial charge in [0.15, 0.2) is 5.82 Å². The van der Waals surface area contributed by atoms with E-state index in [1.807, 2.05) is 11.4 Å². The van der Waals surface area contributed by atoms with Gasteiger partial charge >= 0.3 is 0 Å². The molecule has 0 aliphatic rings. The molecule has 3 aromatic rings. The minimum absolute atomic E-state index is 0.137. The lowest BCUT2D eigenvalue weighted by atomic mass is 10.4. The van der Waals surface area contributed by atoms with Crippen LogP contribution in [-0.2, 0) is 6.54 Å². The zero-order valence-electron chi connectivity index (χ0n) is 10.0. The number of fused-ring (bicyclic) bond motifs is 1. The first-order valence-electron chi connectivity index (χ1n) is 5.59. The van der Waals surface area contributed by atoms with E-state index in [9.17, 15) is 4.79 Å². The maximum Gasteiger partial charge on any atom is 0.265 e. The third kappa shape index (κ3) is 2.50. The summed E-state index contributed by atoms with van der Waals surface area (Å²) in [5.41, 5.74) is 5.77. The molecule has 0 radical (unpaired) electrons. The molecule has 5 nitrogen and oxygen atoms in total. The number of pyridine rings is 1. The van der Waals surface area contributed by atoms with Crippen LogP contribution < -0.4 is 11.3 Å². The highest BCUT2D eigenvalue weighted by Crippen LogP contribution is 2.23. The third-order valence-corrected chi connectivity index (χ3v) is 4.53. The molecule has 0 atom stereocenters. The monoisotopic (exact) mass is 414 g/mol. The zero-order chi connectivity index (χ0) is 14.3. The van der Waals surface area contributed by atoms with Crippen LogP contribution in [0, 0.1) is 0 Å². The van der Waals surface area contributed by atoms with Gasteiger partial charge in [-0.1, -0.05) is 0 Å². The Morgan fingerprint density at radius 1 is 1.35 bits per heavy atom. The molecule has 0 unspecified atom stereocenters. The van der Waals surface area contributed by atoms with Crippen molar-refractivity contribution < 1.29 is 0 Å². The molecular formula is C12H8Br2N4OS. The van der Waals surface area contributed by atoms with E-state index in [0.29, 0.717) is 16.1 Å². The lowest BCUT2D eigenvalue weighted by molar-refractivity contribution is 0.714. The number of aromatic nitrogens is 3. The van der Waals surface area contributed by atoms with Gasteiger partial charge in [-0.25, -0.2) is 9.97 Å². The van der Waals surface area contributed by atoms with Crippen LogP contribution in [-0.4, -0.2) is 14.5 Å². The average molecular weight is 416 g/mol. The molecular weight excluding hydrogens is 408 g/mol. The Morgan fingerprint density at radius 3 is 2.95 bits per heavy atom. The average Bonchev–Trinajstić information content (AvgIpc) is 2.84. The van der Waals surface area contributed by atoms with Gasteiger partial charge in [0.25, 0.3) is 5.56 Å². The standard InChI is InChI=1S/C12H8Br2N4OS/c13-6-3-8(14)12(19)18(4-6)5-9-16-10(15)7-1-2-20-11(7)17-9/h1-4H,5H2,(H2,15,16,17). The lowest BCUT2D eigenvalue weighted by Gasteiger charge is -2.07. The van der Waals surface area contributed by atoms with Crippen LogP contribution in [0.1, 0.15) is 5.82 Å². The second-order valence-electron chi connectivity index (χ2n) is 4.10. The molecule has 0 saturated heterocycles. The van der Waals surface area contributed by atoms with E-state index in [0.717, 1.165) is 14.7 Å². The summed E-state index contributed by atoms with van der Waals surface area (Å²) in [6.45, 7) is 0.273. The highest BCUT2D eigenvalue weighted by atomic mass is 79.9. The number of hydrogen-bond donors (Lipinski definition) is 1. The molecule has 8 heteroatoms. The number of thiophene rings is 1. The van der Waals surface area contributed by atoms with Crippen molar-refractivity contribution in [2.45, 2.75) is 6.54 Å². The first-order chi connectivity index (χ1) is 9.54. The van der Waals surface area contributed by atoms with E-state index in [4.69, 9.17) is 5.73 Å². The van der Waals surface area contributed by atoms with Crippen molar-refractivity contribution in [1.29, 1.82) is 0 Å². The molecule has 3 rings (SSSR count). The van der Waals surface area contributed by atoms with Gasteiger partial charge in [-0.3, -0.25) is 4.79 Å². The van der Waals surface area contributed by atoms with Crippen molar-refractivity contribution in [3.63, 3.8) is 0 Å². The number of halogens is 2. The summed E-state index contributed by atoms with van der Waals surface area (Å²) in [6.07, 6.45) is 1.70. The van der Waals surface area contributed by atoms with Crippen LogP contribution in [0.2, 0.25) is 0 Å². The molecule has 0 aliphatic heterocycles. The van der Waals surface area contributed by atoms with Gasteiger partial charge in [0.1, 0.15) is 10.6 Å². The van der Waals surface area contributed by atoms with E-state index in [1.165, 1.54) is 15.9 Å². The minimum Gasteiger partial charge on any atom is -0.383 e. The molecule has 0 spiro atoms. The number of hydrogen-bond acceptors (Lipinski definition) is 5. The molecule has 0 bridgehead atoms. The molecule has 0 saturated carbocycles. The van der Waals surface area contributed by atoms with Gasteiger partial charge in [-0.15, -0.1) is 11.3 Å². The largest absolute Gasteiger partial charge is 0.383 e. The Bertz CT molecular complexity index is 858. The fraction of sp³-hybridized carbons (Fsp3) is 0.0833. The van der Waals surface area contributed by atoms with Crippen molar-refractivity contribution in [1.82, 2.24) is 14.5 Å². The van der Waals surface area contributed by atoms with Crippen LogP contribution in [0.5, 0.6) is 0 Å². The smallest absolute Gasteiger partial charge is 0.265 e. The molecule has 3 aromatic heterocycles.